The molecule has 1 saturated heterocycles. The van der Waals surface area contributed by atoms with Gasteiger partial charge in [0, 0.05) is 24.7 Å². The van der Waals surface area contributed by atoms with Gasteiger partial charge in [-0.2, -0.15) is 0 Å². The number of amides is 1. The fourth-order valence-electron chi connectivity index (χ4n) is 4.30. The van der Waals surface area contributed by atoms with Crippen molar-refractivity contribution in [2.75, 3.05) is 31.0 Å². The maximum atomic E-state index is 13.2. The minimum absolute atomic E-state index is 0.101. The van der Waals surface area contributed by atoms with Crippen LogP contribution < -0.4 is 9.62 Å². The van der Waals surface area contributed by atoms with Crippen molar-refractivity contribution >= 4 is 21.6 Å². The van der Waals surface area contributed by atoms with Gasteiger partial charge in [-0.25, -0.2) is 8.42 Å². The number of likely N-dealkylation sites (tertiary alicyclic amines) is 1. The first-order chi connectivity index (χ1) is 13.9. The van der Waals surface area contributed by atoms with E-state index in [0.717, 1.165) is 30.8 Å². The lowest BCUT2D eigenvalue weighted by atomic mass is 9.94. The summed E-state index contributed by atoms with van der Waals surface area (Å²) < 4.78 is 27.9. The Morgan fingerprint density at radius 2 is 1.90 bits per heavy atom. The zero-order chi connectivity index (χ0) is 20.6. The molecule has 1 amide bonds. The van der Waals surface area contributed by atoms with Crippen molar-refractivity contribution in [3.05, 3.63) is 59.7 Å². The molecular weight excluding hydrogens is 386 g/mol. The molecular formula is C22H27N3O3S. The van der Waals surface area contributed by atoms with Gasteiger partial charge in [0.2, 0.25) is 0 Å². The van der Waals surface area contributed by atoms with E-state index >= 15 is 0 Å². The van der Waals surface area contributed by atoms with Crippen molar-refractivity contribution in [3.8, 4) is 0 Å². The van der Waals surface area contributed by atoms with Crippen LogP contribution in [-0.2, 0) is 16.4 Å². The summed E-state index contributed by atoms with van der Waals surface area (Å²) in [6, 6.07) is 14.0. The molecule has 4 rings (SSSR count). The van der Waals surface area contributed by atoms with Crippen molar-refractivity contribution in [3.63, 3.8) is 0 Å². The number of hydrogen-bond donors (Lipinski definition) is 1. The van der Waals surface area contributed by atoms with Crippen LogP contribution in [-0.4, -0.2) is 51.9 Å². The van der Waals surface area contributed by atoms with Crippen LogP contribution in [0.5, 0.6) is 0 Å². The second kappa shape index (κ2) is 7.80. The average Bonchev–Trinajstić information content (AvgIpc) is 3.15. The number of rotatable bonds is 4. The zero-order valence-corrected chi connectivity index (χ0v) is 17.7. The molecule has 0 bridgehead atoms. The molecule has 2 unspecified atom stereocenters. The average molecular weight is 414 g/mol. The van der Waals surface area contributed by atoms with E-state index in [-0.39, 0.29) is 16.8 Å². The van der Waals surface area contributed by atoms with Gasteiger partial charge >= 0.3 is 0 Å². The molecule has 0 radical (unpaired) electrons. The molecule has 2 atom stereocenters. The summed E-state index contributed by atoms with van der Waals surface area (Å²) in [4.78, 5) is 15.2. The Bertz CT molecular complexity index is 1020. The number of para-hydroxylation sites is 1. The fraction of sp³-hybridized carbons (Fsp3) is 0.409. The number of piperidine rings is 1. The maximum absolute atomic E-state index is 13.2. The lowest BCUT2D eigenvalue weighted by Gasteiger charge is -2.35. The minimum atomic E-state index is -3.71. The summed E-state index contributed by atoms with van der Waals surface area (Å²) in [5.41, 5.74) is 2.13. The summed E-state index contributed by atoms with van der Waals surface area (Å²) in [5.74, 6) is 0.135. The minimum Gasteiger partial charge on any atom is -0.349 e. The Morgan fingerprint density at radius 3 is 2.69 bits per heavy atom. The molecule has 7 heteroatoms. The van der Waals surface area contributed by atoms with Crippen LogP contribution in [0.1, 0.15) is 29.3 Å². The van der Waals surface area contributed by atoms with E-state index in [9.17, 15) is 13.2 Å². The molecule has 154 valence electrons. The van der Waals surface area contributed by atoms with E-state index in [1.165, 1.54) is 10.4 Å². The number of anilines is 1. The molecule has 6 nitrogen and oxygen atoms in total. The molecule has 0 saturated carbocycles. The molecule has 1 fully saturated rings. The number of sulfonamides is 1. The van der Waals surface area contributed by atoms with Crippen LogP contribution in [0.2, 0.25) is 0 Å². The molecule has 1 N–H and O–H groups in total. The van der Waals surface area contributed by atoms with Gasteiger partial charge < -0.3 is 10.2 Å². The van der Waals surface area contributed by atoms with Crippen LogP contribution in [0.4, 0.5) is 5.69 Å². The topological polar surface area (TPSA) is 69.7 Å². The Morgan fingerprint density at radius 1 is 1.10 bits per heavy atom. The third-order valence-corrected chi connectivity index (χ3v) is 7.76. The standard InChI is InChI=1S/C22H27N3O3S/c1-16-15-24(2)12-11-20(16)23-22(26)18-7-5-8-19(14-18)29(27,28)25-13-10-17-6-3-4-9-21(17)25/h3-9,14,16,20H,10-13,15H2,1-2H3,(H,23,26). The third kappa shape index (κ3) is 3.89. The highest BCUT2D eigenvalue weighted by Gasteiger charge is 2.31. The van der Waals surface area contributed by atoms with Crippen molar-refractivity contribution in [2.24, 2.45) is 5.92 Å². The van der Waals surface area contributed by atoms with E-state index in [1.807, 2.05) is 24.3 Å². The van der Waals surface area contributed by atoms with E-state index < -0.39 is 10.0 Å². The van der Waals surface area contributed by atoms with E-state index in [4.69, 9.17) is 0 Å². The summed E-state index contributed by atoms with van der Waals surface area (Å²) in [7, 11) is -1.63. The van der Waals surface area contributed by atoms with Crippen LogP contribution in [0.3, 0.4) is 0 Å². The van der Waals surface area contributed by atoms with Crippen LogP contribution in [0, 0.1) is 5.92 Å². The van der Waals surface area contributed by atoms with E-state index in [2.05, 4.69) is 24.2 Å². The lowest BCUT2D eigenvalue weighted by Crippen LogP contribution is -2.48. The Hall–Kier alpha value is -2.38. The van der Waals surface area contributed by atoms with Crippen molar-refractivity contribution < 1.29 is 13.2 Å². The first-order valence-corrected chi connectivity index (χ1v) is 11.5. The number of nitrogens with zero attached hydrogens (tertiary/aromatic N) is 2. The Balaban J connectivity index is 1.55. The quantitative estimate of drug-likeness (QED) is 0.836. The van der Waals surface area contributed by atoms with Gasteiger partial charge in [-0.1, -0.05) is 31.2 Å². The lowest BCUT2D eigenvalue weighted by molar-refractivity contribution is 0.0883. The summed E-state index contributed by atoms with van der Waals surface area (Å²) >= 11 is 0. The van der Waals surface area contributed by atoms with Gasteiger partial charge in [0.05, 0.1) is 10.6 Å². The molecule has 2 aliphatic rings. The number of benzene rings is 2. The number of nitrogens with one attached hydrogen (secondary N) is 1. The second-order valence-electron chi connectivity index (χ2n) is 8.09. The Labute approximate surface area is 172 Å². The van der Waals surface area contributed by atoms with Crippen molar-refractivity contribution in [1.82, 2.24) is 10.2 Å². The number of hydrogen-bond acceptors (Lipinski definition) is 4. The molecule has 2 aliphatic heterocycles. The normalized spacial score (nSPS) is 22.3. The molecule has 0 aromatic heterocycles. The highest BCUT2D eigenvalue weighted by Crippen LogP contribution is 2.32. The molecule has 29 heavy (non-hydrogen) atoms. The van der Waals surface area contributed by atoms with Crippen molar-refractivity contribution in [2.45, 2.75) is 30.7 Å². The summed E-state index contributed by atoms with van der Waals surface area (Å²) in [5, 5.41) is 3.10. The monoisotopic (exact) mass is 413 g/mol. The highest BCUT2D eigenvalue weighted by molar-refractivity contribution is 7.92. The SMILES string of the molecule is CC1CN(C)CCC1NC(=O)c1cccc(S(=O)(=O)N2CCc3ccccc32)c1. The molecule has 2 heterocycles. The van der Waals surface area contributed by atoms with Gasteiger partial charge in [0.1, 0.15) is 0 Å². The highest BCUT2D eigenvalue weighted by atomic mass is 32.2. The number of carbonyl (C=O) groups is 1. The van der Waals surface area contributed by atoms with Gasteiger partial charge in [0.15, 0.2) is 0 Å². The van der Waals surface area contributed by atoms with Crippen LogP contribution in [0.15, 0.2) is 53.4 Å². The van der Waals surface area contributed by atoms with Gasteiger partial charge in [-0.3, -0.25) is 9.10 Å². The van der Waals surface area contributed by atoms with Crippen LogP contribution >= 0.6 is 0 Å². The number of carbonyl (C=O) groups excluding carboxylic acids is 1. The predicted octanol–water partition coefficient (Wildman–Crippen LogP) is 2.51. The zero-order valence-electron chi connectivity index (χ0n) is 16.8. The van der Waals surface area contributed by atoms with E-state index in [1.54, 1.807) is 18.2 Å². The summed E-state index contributed by atoms with van der Waals surface area (Å²) in [6.07, 6.45) is 1.59. The van der Waals surface area contributed by atoms with Crippen molar-refractivity contribution in [1.29, 1.82) is 0 Å². The third-order valence-electron chi connectivity index (χ3n) is 5.95. The van der Waals surface area contributed by atoms with Crippen LogP contribution in [0.25, 0.3) is 0 Å². The van der Waals surface area contributed by atoms with E-state index in [0.29, 0.717) is 24.4 Å². The Kier molecular flexibility index (Phi) is 5.36. The van der Waals surface area contributed by atoms with Gasteiger partial charge in [0.25, 0.3) is 15.9 Å². The smallest absolute Gasteiger partial charge is 0.264 e. The molecule has 0 spiro atoms. The van der Waals surface area contributed by atoms with Gasteiger partial charge in [-0.15, -0.1) is 0 Å². The maximum Gasteiger partial charge on any atom is 0.264 e. The second-order valence-corrected chi connectivity index (χ2v) is 9.95. The summed E-state index contributed by atoms with van der Waals surface area (Å²) in [6.45, 7) is 4.43. The molecule has 0 aliphatic carbocycles. The number of fused-ring (bicyclic) bond motifs is 1. The first kappa shape index (κ1) is 19.9. The first-order valence-electron chi connectivity index (χ1n) is 10.1. The molecule has 2 aromatic rings. The van der Waals surface area contributed by atoms with Gasteiger partial charge in [-0.05, 0) is 62.2 Å². The predicted molar refractivity (Wildman–Crippen MR) is 114 cm³/mol. The fourth-order valence-corrected chi connectivity index (χ4v) is 5.85. The largest absolute Gasteiger partial charge is 0.349 e. The molecule has 2 aromatic carbocycles.